The highest BCUT2D eigenvalue weighted by Crippen LogP contribution is 2.33. The monoisotopic (exact) mass is 329 g/mol. The van der Waals surface area contributed by atoms with Crippen molar-refractivity contribution < 1.29 is 4.79 Å². The minimum absolute atomic E-state index is 0.0858. The molecule has 2 heterocycles. The van der Waals surface area contributed by atoms with Gasteiger partial charge in [-0.25, -0.2) is 0 Å². The first-order valence-electron chi connectivity index (χ1n) is 9.33. The molecule has 4 heteroatoms. The average molecular weight is 329 g/mol. The summed E-state index contributed by atoms with van der Waals surface area (Å²) < 4.78 is 0. The minimum Gasteiger partial charge on any atom is -0.341 e. The lowest BCUT2D eigenvalue weighted by atomic mass is 9.76. The summed E-state index contributed by atoms with van der Waals surface area (Å²) in [7, 11) is 2.11. The van der Waals surface area contributed by atoms with Gasteiger partial charge in [0.1, 0.15) is 0 Å². The van der Waals surface area contributed by atoms with Gasteiger partial charge in [-0.2, -0.15) is 0 Å². The molecule has 0 unspecified atom stereocenters. The highest BCUT2D eigenvalue weighted by Gasteiger charge is 2.35. The third kappa shape index (κ3) is 3.98. The van der Waals surface area contributed by atoms with E-state index in [1.807, 2.05) is 0 Å². The molecule has 24 heavy (non-hydrogen) atoms. The maximum Gasteiger partial charge on any atom is 0.236 e. The van der Waals surface area contributed by atoms with Crippen molar-refractivity contribution in [2.75, 3.05) is 39.8 Å². The summed E-state index contributed by atoms with van der Waals surface area (Å²) in [5, 5.41) is 3.39. The number of carbonyl (C=O) groups is 1. The molecular formula is C20H31N3O. The van der Waals surface area contributed by atoms with Crippen molar-refractivity contribution in [3.63, 3.8) is 0 Å². The predicted octanol–water partition coefficient (Wildman–Crippen LogP) is 2.25. The summed E-state index contributed by atoms with van der Waals surface area (Å²) in [6.07, 6.45) is 4.54. The van der Waals surface area contributed by atoms with E-state index < -0.39 is 0 Å². The van der Waals surface area contributed by atoms with Gasteiger partial charge in [-0.1, -0.05) is 37.3 Å². The second-order valence-electron chi connectivity index (χ2n) is 7.74. The van der Waals surface area contributed by atoms with Gasteiger partial charge < -0.3 is 10.2 Å². The third-order valence-corrected chi connectivity index (χ3v) is 5.84. The molecule has 0 bridgehead atoms. The van der Waals surface area contributed by atoms with Crippen molar-refractivity contribution in [1.82, 2.24) is 15.1 Å². The number of likely N-dealkylation sites (tertiary alicyclic amines) is 1. The summed E-state index contributed by atoms with van der Waals surface area (Å²) in [5.41, 5.74) is 1.44. The van der Waals surface area contributed by atoms with Crippen LogP contribution in [-0.2, 0) is 10.2 Å². The number of hydrogen-bond acceptors (Lipinski definition) is 3. The highest BCUT2D eigenvalue weighted by molar-refractivity contribution is 5.78. The van der Waals surface area contributed by atoms with Gasteiger partial charge in [-0.05, 0) is 51.4 Å². The van der Waals surface area contributed by atoms with E-state index in [4.69, 9.17) is 0 Å². The van der Waals surface area contributed by atoms with E-state index in [9.17, 15) is 4.79 Å². The van der Waals surface area contributed by atoms with Crippen LogP contribution in [0.4, 0.5) is 0 Å². The summed E-state index contributed by atoms with van der Waals surface area (Å²) in [6, 6.07) is 11.2. The molecule has 1 atom stereocenters. The number of benzene rings is 1. The van der Waals surface area contributed by atoms with Crippen LogP contribution in [0.15, 0.2) is 30.3 Å². The Morgan fingerprint density at radius 3 is 2.71 bits per heavy atom. The Hall–Kier alpha value is -1.39. The Bertz CT molecular complexity index is 541. The number of nitrogens with zero attached hydrogens (tertiary/aromatic N) is 2. The van der Waals surface area contributed by atoms with Crippen LogP contribution >= 0.6 is 0 Å². The molecule has 2 aliphatic rings. The Balaban J connectivity index is 1.60. The lowest BCUT2D eigenvalue weighted by molar-refractivity contribution is -0.134. The fourth-order valence-corrected chi connectivity index (χ4v) is 4.22. The van der Waals surface area contributed by atoms with Gasteiger partial charge in [0.2, 0.25) is 5.91 Å². The number of carbonyl (C=O) groups excluding carboxylic acids is 1. The second-order valence-corrected chi connectivity index (χ2v) is 7.74. The number of likely N-dealkylation sites (N-methyl/N-ethyl adjacent to an activating group) is 1. The van der Waals surface area contributed by atoms with Gasteiger partial charge in [0, 0.05) is 24.5 Å². The Morgan fingerprint density at radius 2 is 2.00 bits per heavy atom. The molecule has 0 spiro atoms. The number of hydrogen-bond donors (Lipinski definition) is 1. The van der Waals surface area contributed by atoms with E-state index in [0.717, 1.165) is 51.9 Å². The first-order chi connectivity index (χ1) is 11.6. The van der Waals surface area contributed by atoms with Gasteiger partial charge in [0.25, 0.3) is 0 Å². The molecule has 1 aromatic rings. The fraction of sp³-hybridized carbons (Fsp3) is 0.650. The van der Waals surface area contributed by atoms with E-state index in [-0.39, 0.29) is 11.3 Å². The van der Waals surface area contributed by atoms with Gasteiger partial charge >= 0.3 is 0 Å². The summed E-state index contributed by atoms with van der Waals surface area (Å²) >= 11 is 0. The summed E-state index contributed by atoms with van der Waals surface area (Å²) in [5.74, 6) is 0.290. The largest absolute Gasteiger partial charge is 0.341 e. The van der Waals surface area contributed by atoms with E-state index in [0.29, 0.717) is 12.6 Å². The molecule has 0 aliphatic carbocycles. The quantitative estimate of drug-likeness (QED) is 0.920. The Morgan fingerprint density at radius 1 is 1.29 bits per heavy atom. The minimum atomic E-state index is 0.0858. The topological polar surface area (TPSA) is 35.6 Å². The highest BCUT2D eigenvalue weighted by atomic mass is 16.2. The van der Waals surface area contributed by atoms with Crippen molar-refractivity contribution in [3.8, 4) is 0 Å². The standard InChI is InChI=1S/C20H31N3O/c1-20(17-7-4-3-5-8-17)11-6-14-23(16-20)19(24)15-22(2)18-9-12-21-13-10-18/h3-5,7-8,18,21H,6,9-16H2,1-2H3/t20-/m0/s1. The van der Waals surface area contributed by atoms with E-state index in [1.165, 1.54) is 5.56 Å². The SMILES string of the molecule is CN(CC(=O)N1CCC[C@](C)(c2ccccc2)C1)C1CCNCC1. The van der Waals surface area contributed by atoms with Crippen molar-refractivity contribution in [3.05, 3.63) is 35.9 Å². The zero-order valence-electron chi connectivity index (χ0n) is 15.1. The van der Waals surface area contributed by atoms with Crippen molar-refractivity contribution in [2.24, 2.45) is 0 Å². The van der Waals surface area contributed by atoms with E-state index in [2.05, 4.69) is 59.4 Å². The smallest absolute Gasteiger partial charge is 0.236 e. The molecule has 1 aromatic carbocycles. The van der Waals surface area contributed by atoms with Crippen LogP contribution in [0, 0.1) is 0 Å². The van der Waals surface area contributed by atoms with Crippen LogP contribution in [0.3, 0.4) is 0 Å². The lowest BCUT2D eigenvalue weighted by Crippen LogP contribution is -2.51. The molecule has 0 aromatic heterocycles. The van der Waals surface area contributed by atoms with Crippen LogP contribution in [0.25, 0.3) is 0 Å². The molecule has 2 fully saturated rings. The zero-order valence-corrected chi connectivity index (χ0v) is 15.1. The molecule has 4 nitrogen and oxygen atoms in total. The number of nitrogens with one attached hydrogen (secondary N) is 1. The normalized spacial score (nSPS) is 25.9. The fourth-order valence-electron chi connectivity index (χ4n) is 4.22. The Labute approximate surface area is 146 Å². The molecule has 1 N–H and O–H groups in total. The lowest BCUT2D eigenvalue weighted by Gasteiger charge is -2.42. The van der Waals surface area contributed by atoms with Gasteiger partial charge in [-0.15, -0.1) is 0 Å². The van der Waals surface area contributed by atoms with E-state index in [1.54, 1.807) is 0 Å². The second kappa shape index (κ2) is 7.66. The van der Waals surface area contributed by atoms with Crippen LogP contribution < -0.4 is 5.32 Å². The van der Waals surface area contributed by atoms with Crippen LogP contribution in [0.2, 0.25) is 0 Å². The van der Waals surface area contributed by atoms with Gasteiger partial charge in [-0.3, -0.25) is 9.69 Å². The summed E-state index contributed by atoms with van der Waals surface area (Å²) in [4.78, 5) is 17.2. The van der Waals surface area contributed by atoms with Crippen LogP contribution in [-0.4, -0.2) is 61.5 Å². The number of amides is 1. The number of piperidine rings is 2. The average Bonchev–Trinajstić information content (AvgIpc) is 2.63. The molecule has 132 valence electrons. The van der Waals surface area contributed by atoms with Crippen molar-refractivity contribution in [1.29, 1.82) is 0 Å². The number of rotatable bonds is 4. The predicted molar refractivity (Wildman–Crippen MR) is 98.1 cm³/mol. The molecular weight excluding hydrogens is 298 g/mol. The van der Waals surface area contributed by atoms with Crippen LogP contribution in [0.1, 0.15) is 38.2 Å². The maximum atomic E-state index is 12.8. The van der Waals surface area contributed by atoms with Crippen molar-refractivity contribution >= 4 is 5.91 Å². The maximum absolute atomic E-state index is 12.8. The van der Waals surface area contributed by atoms with Gasteiger partial charge in [0.15, 0.2) is 0 Å². The molecule has 3 rings (SSSR count). The molecule has 1 amide bonds. The molecule has 2 aliphatic heterocycles. The summed E-state index contributed by atoms with van der Waals surface area (Å²) in [6.45, 7) is 6.74. The van der Waals surface area contributed by atoms with Crippen molar-refractivity contribution in [2.45, 2.75) is 44.1 Å². The first kappa shape index (κ1) is 17.4. The van der Waals surface area contributed by atoms with Crippen LogP contribution in [0.5, 0.6) is 0 Å². The molecule has 0 saturated carbocycles. The van der Waals surface area contributed by atoms with E-state index >= 15 is 0 Å². The third-order valence-electron chi connectivity index (χ3n) is 5.84. The molecule has 2 saturated heterocycles. The zero-order chi connectivity index (χ0) is 17.0. The molecule has 0 radical (unpaired) electrons. The first-order valence-corrected chi connectivity index (χ1v) is 9.33. The Kier molecular flexibility index (Phi) is 5.57. The van der Waals surface area contributed by atoms with Gasteiger partial charge in [0.05, 0.1) is 6.54 Å².